The summed E-state index contributed by atoms with van der Waals surface area (Å²) < 4.78 is 5.68. The summed E-state index contributed by atoms with van der Waals surface area (Å²) in [5.74, 6) is -0.241. The molecule has 5 heteroatoms. The molecule has 0 unspecified atom stereocenters. The van der Waals surface area contributed by atoms with E-state index >= 15 is 0 Å². The van der Waals surface area contributed by atoms with Crippen LogP contribution < -0.4 is 5.73 Å². The molecule has 0 aromatic carbocycles. The lowest BCUT2D eigenvalue weighted by atomic mass is 9.91. The molecular formula is C12H17BrN2O2. The molecule has 0 atom stereocenters. The van der Waals surface area contributed by atoms with Crippen molar-refractivity contribution in [3.8, 4) is 0 Å². The molecular weight excluding hydrogens is 284 g/mol. The third kappa shape index (κ3) is 3.19. The minimum atomic E-state index is -0.446. The van der Waals surface area contributed by atoms with Gasteiger partial charge >= 0.3 is 5.97 Å². The zero-order valence-electron chi connectivity index (χ0n) is 10.5. The summed E-state index contributed by atoms with van der Waals surface area (Å²) in [5, 5.41) is 0. The van der Waals surface area contributed by atoms with Crippen LogP contribution in [0.15, 0.2) is 10.5 Å². The molecule has 1 heterocycles. The largest absolute Gasteiger partial charge is 0.462 e. The number of nitrogen functional groups attached to an aromatic ring is 1. The van der Waals surface area contributed by atoms with E-state index in [9.17, 15) is 4.79 Å². The minimum absolute atomic E-state index is 0.139. The first-order chi connectivity index (χ1) is 7.77. The first-order valence-electron chi connectivity index (χ1n) is 5.41. The van der Waals surface area contributed by atoms with Crippen molar-refractivity contribution in [2.24, 2.45) is 0 Å². The fourth-order valence-corrected chi connectivity index (χ4v) is 2.31. The topological polar surface area (TPSA) is 65.2 Å². The number of nitrogens with zero attached hydrogens (tertiary/aromatic N) is 1. The lowest BCUT2D eigenvalue weighted by Crippen LogP contribution is -2.18. The molecule has 94 valence electrons. The second-order valence-electron chi connectivity index (χ2n) is 4.72. The van der Waals surface area contributed by atoms with Crippen LogP contribution in [0.25, 0.3) is 0 Å². The molecule has 1 aromatic rings. The number of hydrogen-bond donors (Lipinski definition) is 1. The standard InChI is InChI=1S/C12H17BrN2O2/c1-5-17-11(16)7-6-8(13)9(12(2,3)4)15-10(7)14/h6H,5H2,1-4H3,(H2,14,15). The van der Waals surface area contributed by atoms with Crippen LogP contribution in [0.4, 0.5) is 5.82 Å². The summed E-state index contributed by atoms with van der Waals surface area (Å²) in [6.07, 6.45) is 0. The van der Waals surface area contributed by atoms with Crippen molar-refractivity contribution in [1.82, 2.24) is 4.98 Å². The second-order valence-corrected chi connectivity index (χ2v) is 5.58. The molecule has 0 radical (unpaired) electrons. The summed E-state index contributed by atoms with van der Waals surface area (Å²) in [5.41, 5.74) is 6.77. The molecule has 1 aromatic heterocycles. The Labute approximate surface area is 110 Å². The van der Waals surface area contributed by atoms with E-state index in [1.807, 2.05) is 20.8 Å². The van der Waals surface area contributed by atoms with Crippen LogP contribution in [0.3, 0.4) is 0 Å². The summed E-state index contributed by atoms with van der Waals surface area (Å²) in [4.78, 5) is 15.9. The van der Waals surface area contributed by atoms with Crippen molar-refractivity contribution in [2.45, 2.75) is 33.1 Å². The molecule has 0 saturated heterocycles. The summed E-state index contributed by atoms with van der Waals surface area (Å²) in [7, 11) is 0. The molecule has 0 aliphatic carbocycles. The Balaban J connectivity index is 3.23. The number of carbonyl (C=O) groups excluding carboxylic acids is 1. The summed E-state index contributed by atoms with van der Waals surface area (Å²) in [6, 6.07) is 1.67. The van der Waals surface area contributed by atoms with E-state index in [0.717, 1.165) is 10.2 Å². The van der Waals surface area contributed by atoms with Gasteiger partial charge in [-0.05, 0) is 28.9 Å². The molecule has 0 aliphatic rings. The Bertz CT molecular complexity index is 439. The molecule has 0 fully saturated rings. The Hall–Kier alpha value is -1.10. The highest BCUT2D eigenvalue weighted by atomic mass is 79.9. The Morgan fingerprint density at radius 2 is 2.12 bits per heavy atom. The van der Waals surface area contributed by atoms with Gasteiger partial charge in [0.2, 0.25) is 0 Å². The predicted octanol–water partition coefficient (Wildman–Crippen LogP) is 2.90. The number of halogens is 1. The average Bonchev–Trinajstić information content (AvgIpc) is 2.19. The highest BCUT2D eigenvalue weighted by molar-refractivity contribution is 9.10. The number of esters is 1. The number of anilines is 1. The van der Waals surface area contributed by atoms with Crippen molar-refractivity contribution in [2.75, 3.05) is 12.3 Å². The summed E-state index contributed by atoms with van der Waals surface area (Å²) in [6.45, 7) is 8.16. The van der Waals surface area contributed by atoms with Crippen LogP contribution in [0.5, 0.6) is 0 Å². The molecule has 17 heavy (non-hydrogen) atoms. The van der Waals surface area contributed by atoms with Gasteiger partial charge < -0.3 is 10.5 Å². The fourth-order valence-electron chi connectivity index (χ4n) is 1.40. The molecule has 0 aliphatic heterocycles. The van der Waals surface area contributed by atoms with E-state index in [4.69, 9.17) is 10.5 Å². The van der Waals surface area contributed by atoms with Gasteiger partial charge in [-0.25, -0.2) is 9.78 Å². The zero-order chi connectivity index (χ0) is 13.2. The average molecular weight is 301 g/mol. The van der Waals surface area contributed by atoms with Crippen molar-refractivity contribution in [3.05, 3.63) is 21.8 Å². The van der Waals surface area contributed by atoms with Gasteiger partial charge in [-0.2, -0.15) is 0 Å². The number of carbonyl (C=O) groups is 1. The quantitative estimate of drug-likeness (QED) is 0.853. The highest BCUT2D eigenvalue weighted by Gasteiger charge is 2.23. The van der Waals surface area contributed by atoms with Gasteiger partial charge in [-0.1, -0.05) is 20.8 Å². The van der Waals surface area contributed by atoms with Crippen LogP contribution in [0.1, 0.15) is 43.7 Å². The van der Waals surface area contributed by atoms with Gasteiger partial charge in [0.15, 0.2) is 0 Å². The van der Waals surface area contributed by atoms with Gasteiger partial charge in [0.05, 0.1) is 12.3 Å². The minimum Gasteiger partial charge on any atom is -0.462 e. The maximum absolute atomic E-state index is 11.6. The van der Waals surface area contributed by atoms with Crippen molar-refractivity contribution < 1.29 is 9.53 Å². The molecule has 0 saturated carbocycles. The van der Waals surface area contributed by atoms with Crippen LogP contribution in [0.2, 0.25) is 0 Å². The smallest absolute Gasteiger partial charge is 0.341 e. The van der Waals surface area contributed by atoms with Crippen molar-refractivity contribution >= 4 is 27.7 Å². The lowest BCUT2D eigenvalue weighted by Gasteiger charge is -2.20. The van der Waals surface area contributed by atoms with Crippen LogP contribution in [0, 0.1) is 0 Å². The van der Waals surface area contributed by atoms with E-state index in [2.05, 4.69) is 20.9 Å². The molecule has 0 spiro atoms. The molecule has 0 bridgehead atoms. The van der Waals surface area contributed by atoms with Crippen LogP contribution in [-0.2, 0) is 10.2 Å². The van der Waals surface area contributed by atoms with Gasteiger partial charge in [-0.3, -0.25) is 0 Å². The zero-order valence-corrected chi connectivity index (χ0v) is 12.1. The fraction of sp³-hybridized carbons (Fsp3) is 0.500. The Morgan fingerprint density at radius 1 is 1.53 bits per heavy atom. The normalized spacial score (nSPS) is 11.4. The lowest BCUT2D eigenvalue weighted by molar-refractivity contribution is 0.0527. The number of nitrogens with two attached hydrogens (primary N) is 1. The number of rotatable bonds is 2. The van der Waals surface area contributed by atoms with E-state index in [1.165, 1.54) is 0 Å². The molecule has 2 N–H and O–H groups in total. The molecule has 4 nitrogen and oxygen atoms in total. The van der Waals surface area contributed by atoms with Gasteiger partial charge in [0.25, 0.3) is 0 Å². The predicted molar refractivity (Wildman–Crippen MR) is 71.0 cm³/mol. The molecule has 1 rings (SSSR count). The maximum Gasteiger partial charge on any atom is 0.341 e. The SMILES string of the molecule is CCOC(=O)c1cc(Br)c(C(C)(C)C)nc1N. The monoisotopic (exact) mass is 300 g/mol. The number of ether oxygens (including phenoxy) is 1. The Morgan fingerprint density at radius 3 is 2.59 bits per heavy atom. The van der Waals surface area contributed by atoms with Crippen LogP contribution >= 0.6 is 15.9 Å². The van der Waals surface area contributed by atoms with E-state index in [0.29, 0.717) is 12.2 Å². The first kappa shape index (κ1) is 14.0. The number of hydrogen-bond acceptors (Lipinski definition) is 4. The number of pyridine rings is 1. The van der Waals surface area contributed by atoms with Crippen LogP contribution in [-0.4, -0.2) is 17.6 Å². The van der Waals surface area contributed by atoms with Crippen molar-refractivity contribution in [1.29, 1.82) is 0 Å². The third-order valence-corrected chi connectivity index (χ3v) is 2.82. The van der Waals surface area contributed by atoms with Gasteiger partial charge in [0.1, 0.15) is 11.4 Å². The molecule has 0 amide bonds. The second kappa shape index (κ2) is 5.04. The van der Waals surface area contributed by atoms with Crippen molar-refractivity contribution in [3.63, 3.8) is 0 Å². The van der Waals surface area contributed by atoms with Gasteiger partial charge in [-0.15, -0.1) is 0 Å². The maximum atomic E-state index is 11.6. The van der Waals surface area contributed by atoms with E-state index in [-0.39, 0.29) is 11.2 Å². The van der Waals surface area contributed by atoms with Gasteiger partial charge in [0, 0.05) is 9.89 Å². The van der Waals surface area contributed by atoms with E-state index in [1.54, 1.807) is 13.0 Å². The number of aromatic nitrogens is 1. The highest BCUT2D eigenvalue weighted by Crippen LogP contribution is 2.30. The van der Waals surface area contributed by atoms with E-state index < -0.39 is 5.97 Å². The third-order valence-electron chi connectivity index (χ3n) is 2.21. The Kier molecular flexibility index (Phi) is 4.14. The summed E-state index contributed by atoms with van der Waals surface area (Å²) >= 11 is 3.41. The first-order valence-corrected chi connectivity index (χ1v) is 6.20.